The smallest absolute Gasteiger partial charge is 0.374 e. The lowest BCUT2D eigenvalue weighted by atomic mass is 9.96. The van der Waals surface area contributed by atoms with Gasteiger partial charge in [0.05, 0.1) is 6.42 Å². The summed E-state index contributed by atoms with van der Waals surface area (Å²) in [6, 6.07) is 0. The molecule has 2 amide bonds. The van der Waals surface area contributed by atoms with Gasteiger partial charge in [-0.3, -0.25) is 9.59 Å². The van der Waals surface area contributed by atoms with Gasteiger partial charge in [-0.15, -0.1) is 0 Å². The molecular formula is C14H19F3N4O3. The van der Waals surface area contributed by atoms with E-state index < -0.39 is 29.9 Å². The van der Waals surface area contributed by atoms with Crippen LogP contribution in [0.1, 0.15) is 19.2 Å². The van der Waals surface area contributed by atoms with E-state index >= 15 is 0 Å². The molecule has 1 aromatic heterocycles. The molecule has 7 nitrogen and oxygen atoms in total. The Hall–Kier alpha value is -2.10. The fourth-order valence-electron chi connectivity index (χ4n) is 2.67. The zero-order valence-electron chi connectivity index (χ0n) is 13.4. The molecule has 10 heteroatoms. The Labute approximate surface area is 136 Å². The summed E-state index contributed by atoms with van der Waals surface area (Å²) in [5, 5.41) is 10.2. The molecule has 0 saturated carbocycles. The molecule has 0 aromatic carbocycles. The van der Waals surface area contributed by atoms with Crippen LogP contribution in [0.15, 0.2) is 12.4 Å². The summed E-state index contributed by atoms with van der Waals surface area (Å²) in [5.41, 5.74) is -3.36. The van der Waals surface area contributed by atoms with Crippen LogP contribution in [-0.2, 0) is 22.2 Å². The van der Waals surface area contributed by atoms with Gasteiger partial charge in [0, 0.05) is 52.5 Å². The third kappa shape index (κ3) is 3.37. The van der Waals surface area contributed by atoms with Gasteiger partial charge >= 0.3 is 6.18 Å². The van der Waals surface area contributed by atoms with Crippen LogP contribution in [-0.4, -0.2) is 68.6 Å². The third-order valence-corrected chi connectivity index (χ3v) is 4.14. The van der Waals surface area contributed by atoms with Crippen molar-refractivity contribution in [3.63, 3.8) is 0 Å². The van der Waals surface area contributed by atoms with Gasteiger partial charge in [0.1, 0.15) is 0 Å². The minimum absolute atomic E-state index is 0.132. The number of halogens is 3. The number of aromatic nitrogens is 2. The minimum atomic E-state index is -5.05. The third-order valence-electron chi connectivity index (χ3n) is 4.14. The average Bonchev–Trinajstić information content (AvgIpc) is 2.92. The standard InChI is InChI=1S/C14H19F3N4O3/c1-10(22)20-5-7-21(8-6-20)11(23)9-13(24,14(15,16)17)12-18-3-4-19(12)2/h3-4,24H,5-9H2,1-2H3/t13-/m0/s1. The first kappa shape index (κ1) is 18.2. The zero-order chi connectivity index (χ0) is 18.1. The van der Waals surface area contributed by atoms with E-state index in [2.05, 4.69) is 4.98 Å². The second-order valence-electron chi connectivity index (χ2n) is 5.78. The molecule has 1 aliphatic rings. The van der Waals surface area contributed by atoms with Crippen LogP contribution in [0.3, 0.4) is 0 Å². The quantitative estimate of drug-likeness (QED) is 0.849. The summed E-state index contributed by atoms with van der Waals surface area (Å²) in [5.74, 6) is -1.62. The van der Waals surface area contributed by atoms with E-state index in [-0.39, 0.29) is 32.1 Å². The summed E-state index contributed by atoms with van der Waals surface area (Å²) in [7, 11) is 1.31. The normalized spacial score (nSPS) is 18.4. The number of nitrogens with zero attached hydrogens (tertiary/aromatic N) is 4. The number of alkyl halides is 3. The second kappa shape index (κ2) is 6.42. The molecule has 0 bridgehead atoms. The van der Waals surface area contributed by atoms with Gasteiger partial charge in [-0.2, -0.15) is 13.2 Å². The number of rotatable bonds is 3. The van der Waals surface area contributed by atoms with E-state index in [9.17, 15) is 27.9 Å². The van der Waals surface area contributed by atoms with Gasteiger partial charge in [0.15, 0.2) is 5.82 Å². The topological polar surface area (TPSA) is 78.7 Å². The van der Waals surface area contributed by atoms with Crippen molar-refractivity contribution in [1.82, 2.24) is 19.4 Å². The van der Waals surface area contributed by atoms with E-state index in [0.29, 0.717) is 0 Å². The molecule has 0 radical (unpaired) electrons. The average molecular weight is 348 g/mol. The minimum Gasteiger partial charge on any atom is -0.374 e. The Morgan fingerprint density at radius 2 is 1.75 bits per heavy atom. The number of hydrogen-bond donors (Lipinski definition) is 1. The highest BCUT2D eigenvalue weighted by Gasteiger charge is 2.59. The van der Waals surface area contributed by atoms with E-state index in [1.807, 2.05) is 0 Å². The van der Waals surface area contributed by atoms with Crippen molar-refractivity contribution in [2.45, 2.75) is 25.1 Å². The highest BCUT2D eigenvalue weighted by atomic mass is 19.4. The fourth-order valence-corrected chi connectivity index (χ4v) is 2.67. The Morgan fingerprint density at radius 1 is 1.21 bits per heavy atom. The molecule has 24 heavy (non-hydrogen) atoms. The number of carbonyl (C=O) groups is 2. The lowest BCUT2D eigenvalue weighted by Crippen LogP contribution is -2.53. The monoisotopic (exact) mass is 348 g/mol. The Bertz CT molecular complexity index is 623. The van der Waals surface area contributed by atoms with Crippen LogP contribution in [0.5, 0.6) is 0 Å². The van der Waals surface area contributed by atoms with Crippen molar-refractivity contribution in [3.05, 3.63) is 18.2 Å². The summed E-state index contributed by atoms with van der Waals surface area (Å²) < 4.78 is 41.3. The van der Waals surface area contributed by atoms with E-state index in [4.69, 9.17) is 0 Å². The molecule has 0 aliphatic carbocycles. The van der Waals surface area contributed by atoms with Crippen LogP contribution in [0.25, 0.3) is 0 Å². The molecule has 0 spiro atoms. The van der Waals surface area contributed by atoms with E-state index in [0.717, 1.165) is 10.8 Å². The Balaban J connectivity index is 2.15. The number of imidazole rings is 1. The number of aryl methyl sites for hydroxylation is 1. The maximum atomic E-state index is 13.4. The number of carbonyl (C=O) groups excluding carboxylic acids is 2. The van der Waals surface area contributed by atoms with Crippen LogP contribution in [0, 0.1) is 0 Å². The number of amides is 2. The number of aliphatic hydroxyl groups is 1. The lowest BCUT2D eigenvalue weighted by molar-refractivity contribution is -0.272. The summed E-state index contributed by atoms with van der Waals surface area (Å²) in [6.07, 6.45) is -3.81. The highest BCUT2D eigenvalue weighted by Crippen LogP contribution is 2.41. The van der Waals surface area contributed by atoms with Crippen LogP contribution >= 0.6 is 0 Å². The first-order valence-electron chi connectivity index (χ1n) is 7.36. The molecule has 1 aromatic rings. The van der Waals surface area contributed by atoms with Crippen molar-refractivity contribution in [2.24, 2.45) is 7.05 Å². The lowest BCUT2D eigenvalue weighted by Gasteiger charge is -2.36. The van der Waals surface area contributed by atoms with Gasteiger partial charge in [-0.1, -0.05) is 0 Å². The molecule has 1 fully saturated rings. The molecule has 0 unspecified atom stereocenters. The number of piperazine rings is 1. The molecule has 2 heterocycles. The number of hydrogen-bond acceptors (Lipinski definition) is 4. The maximum Gasteiger partial charge on any atom is 0.425 e. The fraction of sp³-hybridized carbons (Fsp3) is 0.643. The molecule has 2 rings (SSSR count). The van der Waals surface area contributed by atoms with E-state index in [1.54, 1.807) is 0 Å². The van der Waals surface area contributed by atoms with E-state index in [1.165, 1.54) is 30.0 Å². The highest BCUT2D eigenvalue weighted by molar-refractivity contribution is 5.78. The molecule has 1 saturated heterocycles. The van der Waals surface area contributed by atoms with Gasteiger partial charge in [-0.25, -0.2) is 4.98 Å². The maximum absolute atomic E-state index is 13.4. The summed E-state index contributed by atoms with van der Waals surface area (Å²) in [4.78, 5) is 29.8. The van der Waals surface area contributed by atoms with Gasteiger partial charge in [0.2, 0.25) is 17.4 Å². The second-order valence-corrected chi connectivity index (χ2v) is 5.78. The largest absolute Gasteiger partial charge is 0.425 e. The van der Waals surface area contributed by atoms with Gasteiger partial charge in [-0.05, 0) is 0 Å². The summed E-state index contributed by atoms with van der Waals surface area (Å²) in [6.45, 7) is 2.17. The molecular weight excluding hydrogens is 329 g/mol. The van der Waals surface area contributed by atoms with Crippen molar-refractivity contribution >= 4 is 11.8 Å². The van der Waals surface area contributed by atoms with Crippen LogP contribution < -0.4 is 0 Å². The predicted octanol–water partition coefficient (Wildman–Crippen LogP) is 0.251. The zero-order valence-corrected chi connectivity index (χ0v) is 13.4. The van der Waals surface area contributed by atoms with Gasteiger partial charge < -0.3 is 19.5 Å². The molecule has 1 aliphatic heterocycles. The Kier molecular flexibility index (Phi) is 4.88. The van der Waals surface area contributed by atoms with Gasteiger partial charge in [0.25, 0.3) is 0 Å². The molecule has 134 valence electrons. The SMILES string of the molecule is CC(=O)N1CCN(C(=O)C[C@](O)(c2nccn2C)C(F)(F)F)CC1. The van der Waals surface area contributed by atoms with Crippen molar-refractivity contribution < 1.29 is 27.9 Å². The first-order chi connectivity index (χ1) is 11.1. The van der Waals surface area contributed by atoms with Crippen molar-refractivity contribution in [3.8, 4) is 0 Å². The Morgan fingerprint density at radius 3 is 2.17 bits per heavy atom. The summed E-state index contributed by atoms with van der Waals surface area (Å²) >= 11 is 0. The van der Waals surface area contributed by atoms with Crippen molar-refractivity contribution in [1.29, 1.82) is 0 Å². The molecule has 1 atom stereocenters. The van der Waals surface area contributed by atoms with Crippen molar-refractivity contribution in [2.75, 3.05) is 26.2 Å². The molecule has 1 N–H and O–H groups in total. The predicted molar refractivity (Wildman–Crippen MR) is 76.6 cm³/mol. The first-order valence-corrected chi connectivity index (χ1v) is 7.36. The van der Waals surface area contributed by atoms with Crippen LogP contribution in [0.2, 0.25) is 0 Å². The van der Waals surface area contributed by atoms with Crippen LogP contribution in [0.4, 0.5) is 13.2 Å².